The van der Waals surface area contributed by atoms with Crippen LogP contribution in [-0.4, -0.2) is 26.8 Å². The van der Waals surface area contributed by atoms with Crippen LogP contribution in [0.25, 0.3) is 0 Å². The monoisotopic (exact) mass is 582 g/mol. The number of hydrogen-bond donors (Lipinski definition) is 1. The Balaban J connectivity index is 1.38. The van der Waals surface area contributed by atoms with Crippen molar-refractivity contribution < 1.29 is 14.3 Å². The highest BCUT2D eigenvalue weighted by molar-refractivity contribution is 7.98. The fourth-order valence-electron chi connectivity index (χ4n) is 4.78. The van der Waals surface area contributed by atoms with Crippen LogP contribution in [0.5, 0.6) is 5.75 Å². The number of thioether (sulfide) groups is 1. The van der Waals surface area contributed by atoms with Crippen molar-refractivity contribution in [1.82, 2.24) is 14.8 Å². The number of esters is 1. The van der Waals surface area contributed by atoms with Crippen molar-refractivity contribution in [2.75, 3.05) is 5.32 Å². The minimum absolute atomic E-state index is 0.114. The van der Waals surface area contributed by atoms with E-state index in [1.165, 1.54) is 11.1 Å². The Bertz CT molecular complexity index is 1550. The first kappa shape index (κ1) is 29.5. The largest absolute Gasteiger partial charge is 0.489 e. The third-order valence-corrected chi connectivity index (χ3v) is 7.94. The van der Waals surface area contributed by atoms with Gasteiger partial charge >= 0.3 is 5.97 Å². The Morgan fingerprint density at radius 1 is 0.976 bits per heavy atom. The van der Waals surface area contributed by atoms with Crippen molar-refractivity contribution in [1.29, 1.82) is 0 Å². The zero-order valence-electron chi connectivity index (χ0n) is 25.0. The van der Waals surface area contributed by atoms with Crippen molar-refractivity contribution in [3.63, 3.8) is 0 Å². The lowest BCUT2D eigenvalue weighted by atomic mass is 9.87. The Morgan fingerprint density at radius 3 is 2.31 bits per heavy atom. The molecule has 3 aromatic carbocycles. The van der Waals surface area contributed by atoms with Gasteiger partial charge in [-0.15, -0.1) is 5.10 Å². The maximum atomic E-state index is 13.3. The summed E-state index contributed by atoms with van der Waals surface area (Å²) in [5.41, 5.74) is 5.80. The number of fused-ring (bicyclic) bond motifs is 1. The van der Waals surface area contributed by atoms with E-state index in [2.05, 4.69) is 62.5 Å². The average molecular weight is 583 g/mol. The first-order chi connectivity index (χ1) is 20.1. The molecule has 218 valence electrons. The van der Waals surface area contributed by atoms with Gasteiger partial charge in [0.15, 0.2) is 0 Å². The highest BCUT2D eigenvalue weighted by atomic mass is 32.2. The number of nitrogens with zero attached hydrogens (tertiary/aromatic N) is 3. The van der Waals surface area contributed by atoms with Gasteiger partial charge in [-0.05, 0) is 60.6 Å². The fraction of sp³-hybridized carbons (Fsp3) is 0.324. The number of nitrogens with one attached hydrogen (secondary N) is 1. The van der Waals surface area contributed by atoms with Gasteiger partial charge in [-0.25, -0.2) is 9.48 Å². The first-order valence-electron chi connectivity index (χ1n) is 14.2. The number of benzene rings is 3. The van der Waals surface area contributed by atoms with E-state index >= 15 is 0 Å². The van der Waals surface area contributed by atoms with Gasteiger partial charge in [-0.2, -0.15) is 4.98 Å². The summed E-state index contributed by atoms with van der Waals surface area (Å²) in [6, 6.07) is 26.1. The van der Waals surface area contributed by atoms with Crippen molar-refractivity contribution >= 4 is 23.7 Å². The molecule has 0 fully saturated rings. The smallest absolute Gasteiger partial charge is 0.338 e. The van der Waals surface area contributed by atoms with Gasteiger partial charge in [0, 0.05) is 11.4 Å². The second kappa shape index (κ2) is 12.4. The lowest BCUT2D eigenvalue weighted by Crippen LogP contribution is -2.30. The van der Waals surface area contributed by atoms with Gasteiger partial charge in [0.25, 0.3) is 0 Å². The third kappa shape index (κ3) is 6.87. The maximum Gasteiger partial charge on any atom is 0.338 e. The van der Waals surface area contributed by atoms with E-state index < -0.39 is 6.04 Å². The minimum Gasteiger partial charge on any atom is -0.489 e. The molecule has 1 N–H and O–H groups in total. The molecule has 0 spiro atoms. The molecular weight excluding hydrogens is 544 g/mol. The summed E-state index contributed by atoms with van der Waals surface area (Å²) < 4.78 is 13.5. The third-order valence-electron chi connectivity index (χ3n) is 7.03. The molecule has 1 aromatic heterocycles. The molecule has 0 saturated carbocycles. The molecule has 1 atom stereocenters. The maximum absolute atomic E-state index is 13.3. The normalized spacial score (nSPS) is 14.9. The molecule has 7 nitrogen and oxygen atoms in total. The SMILES string of the molecule is CC1=C(C(=O)OC(C)C)C(c2ccc(OCc3ccc(C(C)(C)C)cc3)cc2)n2nc(SCc3ccccc3)nc2N1. The van der Waals surface area contributed by atoms with Gasteiger partial charge in [0.2, 0.25) is 11.1 Å². The molecule has 2 heterocycles. The van der Waals surface area contributed by atoms with Crippen LogP contribution in [0.2, 0.25) is 0 Å². The van der Waals surface area contributed by atoms with Gasteiger partial charge in [0.05, 0.1) is 11.7 Å². The lowest BCUT2D eigenvalue weighted by Gasteiger charge is -2.28. The summed E-state index contributed by atoms with van der Waals surface area (Å²) in [4.78, 5) is 18.1. The number of hydrogen-bond acceptors (Lipinski definition) is 7. The van der Waals surface area contributed by atoms with Gasteiger partial charge in [-0.3, -0.25) is 0 Å². The molecule has 4 aromatic rings. The summed E-state index contributed by atoms with van der Waals surface area (Å²) in [5, 5.41) is 8.74. The van der Waals surface area contributed by atoms with Crippen LogP contribution in [0.1, 0.15) is 69.8 Å². The molecule has 0 aliphatic carbocycles. The van der Waals surface area contributed by atoms with Crippen molar-refractivity contribution in [3.8, 4) is 5.75 Å². The van der Waals surface area contributed by atoms with E-state index in [1.807, 2.05) is 63.2 Å². The number of carbonyl (C=O) groups is 1. The molecule has 0 radical (unpaired) electrons. The molecule has 1 aliphatic heterocycles. The first-order valence-corrected chi connectivity index (χ1v) is 15.2. The summed E-state index contributed by atoms with van der Waals surface area (Å²) >= 11 is 1.56. The minimum atomic E-state index is -0.495. The quantitative estimate of drug-likeness (QED) is 0.160. The Morgan fingerprint density at radius 2 is 1.67 bits per heavy atom. The van der Waals surface area contributed by atoms with Crippen molar-refractivity contribution in [2.24, 2.45) is 0 Å². The van der Waals surface area contributed by atoms with E-state index in [0.29, 0.717) is 29.0 Å². The summed E-state index contributed by atoms with van der Waals surface area (Å²) in [6.07, 6.45) is -0.249. The molecule has 1 unspecified atom stereocenters. The second-order valence-corrected chi connectivity index (χ2v) is 12.7. The van der Waals surface area contributed by atoms with Crippen molar-refractivity contribution in [3.05, 3.63) is 112 Å². The van der Waals surface area contributed by atoms with Crippen LogP contribution >= 0.6 is 11.8 Å². The Kier molecular flexibility index (Phi) is 8.73. The molecule has 0 amide bonds. The molecule has 0 saturated heterocycles. The molecular formula is C34H38N4O3S. The van der Waals surface area contributed by atoms with Gasteiger partial charge in [0.1, 0.15) is 18.4 Å². The number of allylic oxidation sites excluding steroid dienone is 1. The number of ether oxygens (including phenoxy) is 2. The summed E-state index contributed by atoms with van der Waals surface area (Å²) in [5.74, 6) is 1.71. The topological polar surface area (TPSA) is 78.3 Å². The number of aromatic nitrogens is 3. The van der Waals surface area contributed by atoms with Gasteiger partial charge < -0.3 is 14.8 Å². The molecule has 8 heteroatoms. The highest BCUT2D eigenvalue weighted by Crippen LogP contribution is 2.38. The lowest BCUT2D eigenvalue weighted by molar-refractivity contribution is -0.143. The van der Waals surface area contributed by atoms with Crippen molar-refractivity contribution in [2.45, 2.75) is 76.6 Å². The summed E-state index contributed by atoms with van der Waals surface area (Å²) in [6.45, 7) is 12.7. The van der Waals surface area contributed by atoms with Crippen LogP contribution in [0.15, 0.2) is 95.3 Å². The summed E-state index contributed by atoms with van der Waals surface area (Å²) in [7, 11) is 0. The predicted molar refractivity (Wildman–Crippen MR) is 168 cm³/mol. The molecule has 42 heavy (non-hydrogen) atoms. The van der Waals surface area contributed by atoms with E-state index in [9.17, 15) is 4.79 Å². The standard InChI is InChI=1S/C34H38N4O3S/c1-22(2)41-31(39)29-23(3)35-32-36-33(42-21-25-10-8-7-9-11-25)37-38(32)30(29)26-14-18-28(19-15-26)40-20-24-12-16-27(17-13-24)34(4,5)6/h7-19,22,30H,20-21H2,1-6H3,(H,35,36,37). The van der Waals surface area contributed by atoms with Crippen LogP contribution < -0.4 is 10.1 Å². The van der Waals surface area contributed by atoms with Crippen LogP contribution in [0.3, 0.4) is 0 Å². The number of carbonyl (C=O) groups excluding carboxylic acids is 1. The number of rotatable bonds is 9. The second-order valence-electron chi connectivity index (χ2n) is 11.8. The molecule has 5 rings (SSSR count). The van der Waals surface area contributed by atoms with E-state index in [4.69, 9.17) is 19.6 Å². The van der Waals surface area contributed by atoms with E-state index in [0.717, 1.165) is 22.6 Å². The molecule has 0 bridgehead atoms. The predicted octanol–water partition coefficient (Wildman–Crippen LogP) is 7.69. The Labute approximate surface area is 252 Å². The Hall–Kier alpha value is -4.04. The van der Waals surface area contributed by atoms with E-state index in [-0.39, 0.29) is 17.5 Å². The highest BCUT2D eigenvalue weighted by Gasteiger charge is 2.35. The van der Waals surface area contributed by atoms with Gasteiger partial charge in [-0.1, -0.05) is 99.3 Å². The van der Waals surface area contributed by atoms with Crippen LogP contribution in [0.4, 0.5) is 5.95 Å². The average Bonchev–Trinajstić information content (AvgIpc) is 3.37. The number of anilines is 1. The zero-order valence-corrected chi connectivity index (χ0v) is 25.9. The zero-order chi connectivity index (χ0) is 29.9. The molecule has 1 aliphatic rings. The fourth-order valence-corrected chi connectivity index (χ4v) is 5.56. The van der Waals surface area contributed by atoms with Crippen LogP contribution in [-0.2, 0) is 27.3 Å². The van der Waals surface area contributed by atoms with Crippen LogP contribution in [0, 0.1) is 0 Å². The van der Waals surface area contributed by atoms with E-state index in [1.54, 1.807) is 16.4 Å².